The van der Waals surface area contributed by atoms with Gasteiger partial charge >= 0.3 is 0 Å². The minimum absolute atomic E-state index is 0.268. The second-order valence-electron chi connectivity index (χ2n) is 3.19. The highest BCUT2D eigenvalue weighted by Gasteiger charge is 2.11. The maximum absolute atomic E-state index is 8.70. The summed E-state index contributed by atoms with van der Waals surface area (Å²) >= 11 is 3.60. The van der Waals surface area contributed by atoms with Crippen LogP contribution in [-0.2, 0) is 0 Å². The Labute approximate surface area is 98.2 Å². The second-order valence-corrected chi connectivity index (χ2v) is 5.37. The molecule has 0 radical (unpaired) electrons. The van der Waals surface area contributed by atoms with Crippen molar-refractivity contribution in [1.82, 2.24) is 0 Å². The zero-order valence-electron chi connectivity index (χ0n) is 8.35. The van der Waals surface area contributed by atoms with E-state index in [9.17, 15) is 0 Å². The second kappa shape index (κ2) is 5.58. The summed E-state index contributed by atoms with van der Waals surface area (Å²) in [4.78, 5) is 5.86. The Morgan fingerprint density at radius 3 is 3.13 bits per heavy atom. The van der Waals surface area contributed by atoms with Crippen molar-refractivity contribution in [3.05, 3.63) is 24.3 Å². The van der Waals surface area contributed by atoms with Crippen molar-refractivity contribution in [1.29, 1.82) is 0 Å². The molecule has 80 valence electrons. The summed E-state index contributed by atoms with van der Waals surface area (Å²) in [6.45, 7) is 0.268. The van der Waals surface area contributed by atoms with Crippen LogP contribution in [0.4, 0.5) is 5.69 Å². The van der Waals surface area contributed by atoms with E-state index in [4.69, 9.17) is 5.11 Å². The number of aliphatic hydroxyl groups is 1. The highest BCUT2D eigenvalue weighted by atomic mass is 32.2. The molecule has 2 nitrogen and oxygen atoms in total. The van der Waals surface area contributed by atoms with Gasteiger partial charge in [-0.25, -0.2) is 4.99 Å². The highest BCUT2D eigenvalue weighted by molar-refractivity contribution is 8.16. The summed E-state index contributed by atoms with van der Waals surface area (Å²) in [5.74, 6) is 1.92. The minimum Gasteiger partial charge on any atom is -0.396 e. The van der Waals surface area contributed by atoms with E-state index >= 15 is 0 Å². The Morgan fingerprint density at radius 2 is 2.27 bits per heavy atom. The highest BCUT2D eigenvalue weighted by Crippen LogP contribution is 2.35. The lowest BCUT2D eigenvalue weighted by molar-refractivity contribution is 0.296. The molecule has 0 unspecified atom stereocenters. The van der Waals surface area contributed by atoms with Crippen LogP contribution >= 0.6 is 23.5 Å². The van der Waals surface area contributed by atoms with Crippen LogP contribution in [0.5, 0.6) is 0 Å². The largest absolute Gasteiger partial charge is 0.396 e. The fourth-order valence-corrected chi connectivity index (χ4v) is 3.27. The monoisotopic (exact) mass is 239 g/mol. The molecule has 0 aliphatic carbocycles. The predicted molar refractivity (Wildman–Crippen MR) is 68.4 cm³/mol. The molecule has 0 bridgehead atoms. The molecule has 0 aromatic heterocycles. The van der Waals surface area contributed by atoms with E-state index in [1.807, 2.05) is 30.0 Å². The lowest BCUT2D eigenvalue weighted by atomic mass is 10.3. The van der Waals surface area contributed by atoms with E-state index in [-0.39, 0.29) is 6.61 Å². The van der Waals surface area contributed by atoms with E-state index in [2.05, 4.69) is 11.1 Å². The van der Waals surface area contributed by atoms with Gasteiger partial charge in [0.2, 0.25) is 0 Å². The summed E-state index contributed by atoms with van der Waals surface area (Å²) < 4.78 is 0. The Morgan fingerprint density at radius 1 is 1.40 bits per heavy atom. The molecule has 1 aromatic carbocycles. The molecule has 1 aliphatic rings. The van der Waals surface area contributed by atoms with E-state index < -0.39 is 0 Å². The fraction of sp³-hybridized carbons (Fsp3) is 0.364. The van der Waals surface area contributed by atoms with Gasteiger partial charge in [0, 0.05) is 23.0 Å². The number of aliphatic hydroxyl groups excluding tert-OH is 1. The Hall–Kier alpha value is -0.450. The van der Waals surface area contributed by atoms with Crippen molar-refractivity contribution in [2.75, 3.05) is 18.1 Å². The van der Waals surface area contributed by atoms with Gasteiger partial charge in [-0.1, -0.05) is 12.1 Å². The third-order valence-electron chi connectivity index (χ3n) is 2.03. The summed E-state index contributed by atoms with van der Waals surface area (Å²) in [5.41, 5.74) is 1.08. The number of rotatable bonds is 3. The van der Waals surface area contributed by atoms with Gasteiger partial charge in [-0.3, -0.25) is 0 Å². The van der Waals surface area contributed by atoms with E-state index in [0.717, 1.165) is 23.6 Å². The average molecular weight is 239 g/mol. The van der Waals surface area contributed by atoms with Gasteiger partial charge < -0.3 is 5.11 Å². The number of hydrogen-bond acceptors (Lipinski definition) is 4. The quantitative estimate of drug-likeness (QED) is 0.823. The van der Waals surface area contributed by atoms with Gasteiger partial charge in [0.05, 0.1) is 10.7 Å². The third-order valence-corrected chi connectivity index (χ3v) is 4.35. The molecule has 15 heavy (non-hydrogen) atoms. The van der Waals surface area contributed by atoms with E-state index in [1.165, 1.54) is 9.94 Å². The first-order valence-electron chi connectivity index (χ1n) is 4.93. The summed E-state index contributed by atoms with van der Waals surface area (Å²) in [5, 5.41) is 9.87. The number of benzene rings is 1. The van der Waals surface area contributed by atoms with Gasteiger partial charge in [-0.15, -0.1) is 23.5 Å². The van der Waals surface area contributed by atoms with Crippen molar-refractivity contribution >= 4 is 34.3 Å². The number of thioether (sulfide) groups is 2. The number of nitrogens with zero attached hydrogens (tertiary/aromatic N) is 1. The molecule has 0 saturated carbocycles. The van der Waals surface area contributed by atoms with Gasteiger partial charge in [0.25, 0.3) is 0 Å². The summed E-state index contributed by atoms with van der Waals surface area (Å²) in [7, 11) is 0. The molecular formula is C11H13NOS2. The predicted octanol–water partition coefficient (Wildman–Crippen LogP) is 2.94. The SMILES string of the molecule is OCCCSC1=Nc2ccccc2SC1. The van der Waals surface area contributed by atoms with Crippen LogP contribution in [0.1, 0.15) is 6.42 Å². The van der Waals surface area contributed by atoms with E-state index in [1.54, 1.807) is 11.8 Å². The van der Waals surface area contributed by atoms with Gasteiger partial charge in [-0.2, -0.15) is 0 Å². The van der Waals surface area contributed by atoms with Crippen LogP contribution in [0.2, 0.25) is 0 Å². The lowest BCUT2D eigenvalue weighted by Crippen LogP contribution is -2.02. The van der Waals surface area contributed by atoms with Gasteiger partial charge in [0.15, 0.2) is 0 Å². The van der Waals surface area contributed by atoms with E-state index in [0.29, 0.717) is 0 Å². The van der Waals surface area contributed by atoms with Crippen molar-refractivity contribution in [2.24, 2.45) is 4.99 Å². The van der Waals surface area contributed by atoms with Crippen LogP contribution < -0.4 is 0 Å². The van der Waals surface area contributed by atoms with Crippen LogP contribution in [0.25, 0.3) is 0 Å². The first-order valence-corrected chi connectivity index (χ1v) is 6.90. The van der Waals surface area contributed by atoms with Crippen LogP contribution in [0.15, 0.2) is 34.2 Å². The molecule has 1 aliphatic heterocycles. The number of fused-ring (bicyclic) bond motifs is 1. The van der Waals surface area contributed by atoms with Crippen LogP contribution in [0, 0.1) is 0 Å². The molecule has 2 rings (SSSR count). The Bertz CT molecular complexity index is 365. The molecule has 1 N–H and O–H groups in total. The summed E-state index contributed by atoms with van der Waals surface area (Å²) in [6.07, 6.45) is 0.843. The Balaban J connectivity index is 2.02. The van der Waals surface area contributed by atoms with Crippen LogP contribution in [0.3, 0.4) is 0 Å². The first kappa shape index (κ1) is 11.0. The molecule has 0 atom stereocenters. The molecule has 4 heteroatoms. The first-order chi connectivity index (χ1) is 7.40. The maximum Gasteiger partial charge on any atom is 0.0842 e. The lowest BCUT2D eigenvalue weighted by Gasteiger charge is -2.13. The maximum atomic E-state index is 8.70. The van der Waals surface area contributed by atoms with Gasteiger partial charge in [-0.05, 0) is 18.6 Å². The minimum atomic E-state index is 0.268. The number of hydrogen-bond donors (Lipinski definition) is 1. The normalized spacial score (nSPS) is 14.6. The molecule has 0 spiro atoms. The van der Waals surface area contributed by atoms with Crippen molar-refractivity contribution in [3.63, 3.8) is 0 Å². The number of aliphatic imine (C=N–C) groups is 1. The topological polar surface area (TPSA) is 32.6 Å². The average Bonchev–Trinajstić information content (AvgIpc) is 2.29. The summed E-state index contributed by atoms with van der Waals surface area (Å²) in [6, 6.07) is 8.22. The molecule has 1 heterocycles. The van der Waals surface area contributed by atoms with Crippen molar-refractivity contribution < 1.29 is 5.11 Å². The van der Waals surface area contributed by atoms with Crippen LogP contribution in [-0.4, -0.2) is 28.3 Å². The third kappa shape index (κ3) is 3.00. The number of para-hydroxylation sites is 1. The van der Waals surface area contributed by atoms with Crippen molar-refractivity contribution in [2.45, 2.75) is 11.3 Å². The van der Waals surface area contributed by atoms with Crippen molar-refractivity contribution in [3.8, 4) is 0 Å². The molecule has 0 amide bonds. The molecular weight excluding hydrogens is 226 g/mol. The smallest absolute Gasteiger partial charge is 0.0842 e. The Kier molecular flexibility index (Phi) is 4.11. The fourth-order valence-electron chi connectivity index (χ4n) is 1.31. The molecule has 1 aromatic rings. The molecule has 0 saturated heterocycles. The molecule has 0 fully saturated rings. The zero-order valence-corrected chi connectivity index (χ0v) is 9.98. The standard InChI is InChI=1S/C11H13NOS2/c13-6-3-7-14-11-8-15-10-5-2-1-4-9(10)12-11/h1-2,4-5,13H,3,6-8H2. The van der Waals surface area contributed by atoms with Gasteiger partial charge in [0.1, 0.15) is 0 Å². The zero-order chi connectivity index (χ0) is 10.5.